The molecular weight excluding hydrogens is 556 g/mol. The largest absolute Gasteiger partial charge is 0.377 e. The van der Waals surface area contributed by atoms with Crippen LogP contribution in [0.15, 0.2) is 10.9 Å². The summed E-state index contributed by atoms with van der Waals surface area (Å²) in [5.41, 5.74) is 0.836. The van der Waals surface area contributed by atoms with Crippen molar-refractivity contribution in [2.75, 3.05) is 29.9 Å². The highest BCUT2D eigenvalue weighted by Crippen LogP contribution is 2.40. The SMILES string of the molecule is Cc1c(F)cc2c3c(c(=O)n(I)c2c1F)NCC1CN(I)C(C)CN31. The Kier molecular flexibility index (Phi) is 4.38. The van der Waals surface area contributed by atoms with Gasteiger partial charge in [-0.05, 0) is 19.9 Å². The summed E-state index contributed by atoms with van der Waals surface area (Å²) in [6.45, 7) is 5.66. The summed E-state index contributed by atoms with van der Waals surface area (Å²) in [5, 5.41) is 3.64. The van der Waals surface area contributed by atoms with E-state index >= 15 is 0 Å². The van der Waals surface area contributed by atoms with Gasteiger partial charge in [-0.2, -0.15) is 0 Å². The van der Waals surface area contributed by atoms with Crippen molar-refractivity contribution < 1.29 is 8.78 Å². The highest BCUT2D eigenvalue weighted by molar-refractivity contribution is 14.1. The number of piperazine rings is 1. The number of fused-ring (bicyclic) bond motifs is 5. The number of aromatic nitrogens is 1. The first-order valence-corrected chi connectivity index (χ1v) is 9.90. The van der Waals surface area contributed by atoms with Crippen molar-refractivity contribution in [1.29, 1.82) is 0 Å². The minimum atomic E-state index is -0.674. The lowest BCUT2D eigenvalue weighted by atomic mass is 10.0. The van der Waals surface area contributed by atoms with Crippen molar-refractivity contribution in [3.63, 3.8) is 0 Å². The maximum Gasteiger partial charge on any atom is 0.285 e. The molecule has 134 valence electrons. The maximum absolute atomic E-state index is 14.8. The van der Waals surface area contributed by atoms with Crippen LogP contribution in [0.25, 0.3) is 10.9 Å². The van der Waals surface area contributed by atoms with Crippen LogP contribution in [0.4, 0.5) is 20.2 Å². The van der Waals surface area contributed by atoms with Crippen LogP contribution in [0.3, 0.4) is 0 Å². The fourth-order valence-electron chi connectivity index (χ4n) is 3.64. The highest BCUT2D eigenvalue weighted by Gasteiger charge is 2.37. The molecule has 2 aliphatic rings. The van der Waals surface area contributed by atoms with E-state index < -0.39 is 11.6 Å². The molecule has 1 fully saturated rings. The lowest BCUT2D eigenvalue weighted by Gasteiger charge is -2.47. The standard InChI is InChI=1S/C16H16F2I2N4O/c1-7-5-22-9(6-23(7)19)4-21-13-15(22)10-3-11(17)8(2)12(18)14(10)24(20)16(13)25/h3,7,9,21H,4-6H2,1-2H3. The van der Waals surface area contributed by atoms with Crippen LogP contribution in [0.2, 0.25) is 0 Å². The Bertz CT molecular complexity index is 948. The molecule has 0 amide bonds. The molecule has 0 saturated carbocycles. The third kappa shape index (κ3) is 2.56. The van der Waals surface area contributed by atoms with Gasteiger partial charge in [0, 0.05) is 59.5 Å². The molecule has 9 heteroatoms. The molecule has 1 aromatic heterocycles. The van der Waals surface area contributed by atoms with Gasteiger partial charge in [-0.1, -0.05) is 0 Å². The van der Waals surface area contributed by atoms with Gasteiger partial charge in [0.05, 0.1) is 40.1 Å². The summed E-state index contributed by atoms with van der Waals surface area (Å²) in [5.74, 6) is -1.27. The zero-order valence-corrected chi connectivity index (χ0v) is 17.9. The third-order valence-electron chi connectivity index (χ3n) is 5.07. The molecule has 0 bridgehead atoms. The van der Waals surface area contributed by atoms with Crippen molar-refractivity contribution >= 4 is 68.0 Å². The maximum atomic E-state index is 14.8. The van der Waals surface area contributed by atoms with Gasteiger partial charge in [0.1, 0.15) is 11.5 Å². The number of hydrogen-bond acceptors (Lipinski definition) is 4. The molecule has 2 aliphatic heterocycles. The lowest BCUT2D eigenvalue weighted by molar-refractivity contribution is 0.314. The Morgan fingerprint density at radius 3 is 2.72 bits per heavy atom. The first-order valence-electron chi connectivity index (χ1n) is 7.97. The number of hydrogen-bond donors (Lipinski definition) is 1. The molecule has 0 spiro atoms. The Hall–Kier alpha value is -0.690. The van der Waals surface area contributed by atoms with E-state index in [1.807, 2.05) is 0 Å². The molecule has 1 saturated heterocycles. The Balaban J connectivity index is 2.06. The molecule has 5 nitrogen and oxygen atoms in total. The Morgan fingerprint density at radius 2 is 2.00 bits per heavy atom. The van der Waals surface area contributed by atoms with Crippen LogP contribution in [-0.4, -0.2) is 37.6 Å². The van der Waals surface area contributed by atoms with E-state index in [1.54, 1.807) is 22.9 Å². The number of nitrogens with zero attached hydrogens (tertiary/aromatic N) is 3. The molecule has 2 unspecified atom stereocenters. The summed E-state index contributed by atoms with van der Waals surface area (Å²) in [6, 6.07) is 1.78. The van der Waals surface area contributed by atoms with E-state index in [2.05, 4.69) is 43.1 Å². The topological polar surface area (TPSA) is 40.5 Å². The molecule has 0 radical (unpaired) electrons. The van der Waals surface area contributed by atoms with Gasteiger partial charge in [-0.3, -0.25) is 4.79 Å². The van der Waals surface area contributed by atoms with Crippen molar-refractivity contribution in [3.05, 3.63) is 33.6 Å². The van der Waals surface area contributed by atoms with Crippen LogP contribution in [0.5, 0.6) is 0 Å². The number of pyridine rings is 1. The second-order valence-electron chi connectivity index (χ2n) is 6.62. The van der Waals surface area contributed by atoms with E-state index in [0.717, 1.165) is 6.54 Å². The Morgan fingerprint density at radius 1 is 1.28 bits per heavy atom. The van der Waals surface area contributed by atoms with Gasteiger partial charge in [-0.25, -0.2) is 14.7 Å². The van der Waals surface area contributed by atoms with Crippen LogP contribution >= 0.6 is 45.7 Å². The predicted octanol–water partition coefficient (Wildman–Crippen LogP) is 3.44. The van der Waals surface area contributed by atoms with Crippen LogP contribution in [0.1, 0.15) is 12.5 Å². The summed E-state index contributed by atoms with van der Waals surface area (Å²) in [4.78, 5) is 14.9. The Labute approximate surface area is 171 Å². The number of benzene rings is 1. The molecule has 1 N–H and O–H groups in total. The van der Waals surface area contributed by atoms with Crippen molar-refractivity contribution in [2.45, 2.75) is 25.9 Å². The number of nitrogens with one attached hydrogen (secondary N) is 1. The van der Waals surface area contributed by atoms with Crippen LogP contribution in [0, 0.1) is 18.6 Å². The quantitative estimate of drug-likeness (QED) is 0.389. The average molecular weight is 572 g/mol. The zero-order chi connectivity index (χ0) is 18.0. The van der Waals surface area contributed by atoms with E-state index in [9.17, 15) is 13.6 Å². The van der Waals surface area contributed by atoms with Gasteiger partial charge in [-0.15, -0.1) is 0 Å². The number of rotatable bonds is 0. The monoisotopic (exact) mass is 572 g/mol. The minimum absolute atomic E-state index is 0.0666. The van der Waals surface area contributed by atoms with Gasteiger partial charge in [0.25, 0.3) is 5.56 Å². The molecule has 3 heterocycles. The summed E-state index contributed by atoms with van der Waals surface area (Å²) >= 11 is 4.10. The first-order chi connectivity index (χ1) is 11.8. The normalized spacial score (nSPS) is 23.4. The first kappa shape index (κ1) is 17.7. The van der Waals surface area contributed by atoms with Crippen LogP contribution < -0.4 is 15.8 Å². The van der Waals surface area contributed by atoms with E-state index in [-0.39, 0.29) is 28.7 Å². The molecule has 1 aromatic carbocycles. The zero-order valence-electron chi connectivity index (χ0n) is 13.6. The molecule has 2 atom stereocenters. The van der Waals surface area contributed by atoms with Gasteiger partial charge in [0.2, 0.25) is 0 Å². The number of halogens is 4. The summed E-state index contributed by atoms with van der Waals surface area (Å²) in [6.07, 6.45) is 0. The third-order valence-corrected chi connectivity index (χ3v) is 7.33. The summed E-state index contributed by atoms with van der Waals surface area (Å²) in [7, 11) is 0. The predicted molar refractivity (Wildman–Crippen MR) is 112 cm³/mol. The summed E-state index contributed by atoms with van der Waals surface area (Å²) < 4.78 is 32.6. The van der Waals surface area contributed by atoms with Gasteiger partial charge >= 0.3 is 0 Å². The van der Waals surface area contributed by atoms with Crippen molar-refractivity contribution in [3.8, 4) is 0 Å². The molecule has 25 heavy (non-hydrogen) atoms. The molecule has 2 aromatic rings. The second kappa shape index (κ2) is 6.19. The molecule has 0 aliphatic carbocycles. The molecular formula is C16H16F2I2N4O. The fourth-order valence-corrected chi connectivity index (χ4v) is 4.98. The fraction of sp³-hybridized carbons (Fsp3) is 0.438. The highest BCUT2D eigenvalue weighted by atomic mass is 127. The van der Waals surface area contributed by atoms with Crippen molar-refractivity contribution in [1.82, 2.24) is 5.89 Å². The van der Waals surface area contributed by atoms with Crippen molar-refractivity contribution in [2.24, 2.45) is 0 Å². The lowest BCUT2D eigenvalue weighted by Crippen LogP contribution is -2.59. The van der Waals surface area contributed by atoms with E-state index in [4.69, 9.17) is 0 Å². The van der Waals surface area contributed by atoms with Gasteiger partial charge < -0.3 is 10.2 Å². The number of anilines is 2. The molecule has 4 rings (SSSR count). The van der Waals surface area contributed by atoms with E-state index in [0.29, 0.717) is 29.9 Å². The average Bonchev–Trinajstić information content (AvgIpc) is 2.57. The smallest absolute Gasteiger partial charge is 0.285 e. The van der Waals surface area contributed by atoms with Gasteiger partial charge in [0.15, 0.2) is 5.82 Å². The van der Waals surface area contributed by atoms with Crippen LogP contribution in [-0.2, 0) is 0 Å². The van der Waals surface area contributed by atoms with E-state index in [1.165, 1.54) is 15.8 Å². The minimum Gasteiger partial charge on any atom is -0.377 e. The second-order valence-corrected chi connectivity index (χ2v) is 8.83.